The zero-order chi connectivity index (χ0) is 19.3. The van der Waals surface area contributed by atoms with Crippen molar-refractivity contribution in [3.63, 3.8) is 0 Å². The minimum atomic E-state index is -0.141. The molecule has 2 aliphatic rings. The fourth-order valence-corrected chi connectivity index (χ4v) is 4.55. The molecule has 5 heteroatoms. The Labute approximate surface area is 168 Å². The first-order chi connectivity index (χ1) is 13.6. The van der Waals surface area contributed by atoms with E-state index >= 15 is 0 Å². The van der Waals surface area contributed by atoms with Gasteiger partial charge in [0.05, 0.1) is 11.3 Å². The average Bonchev–Trinajstić information content (AvgIpc) is 3.08. The van der Waals surface area contributed by atoms with Gasteiger partial charge in [0.1, 0.15) is 0 Å². The Balaban J connectivity index is 1.61. The van der Waals surface area contributed by atoms with E-state index in [1.165, 1.54) is 0 Å². The predicted octanol–water partition coefficient (Wildman–Crippen LogP) is 5.59. The van der Waals surface area contributed by atoms with Gasteiger partial charge in [0, 0.05) is 28.6 Å². The van der Waals surface area contributed by atoms with Crippen LogP contribution >= 0.6 is 11.6 Å². The van der Waals surface area contributed by atoms with E-state index in [0.29, 0.717) is 17.3 Å². The van der Waals surface area contributed by atoms with Crippen LogP contribution in [0.4, 0.5) is 5.88 Å². The van der Waals surface area contributed by atoms with Crippen LogP contribution in [0.25, 0.3) is 0 Å². The number of aryl methyl sites for hydroxylation is 1. The fourth-order valence-electron chi connectivity index (χ4n) is 4.42. The first kappa shape index (κ1) is 17.3. The van der Waals surface area contributed by atoms with Crippen LogP contribution in [0.5, 0.6) is 0 Å². The molecule has 1 aliphatic carbocycles. The number of nitrogens with one attached hydrogen (secondary N) is 1. The number of hydrogen-bond acceptors (Lipinski definition) is 4. The second kappa shape index (κ2) is 6.64. The van der Waals surface area contributed by atoms with Gasteiger partial charge in [-0.25, -0.2) is 0 Å². The van der Waals surface area contributed by atoms with Gasteiger partial charge in [0.15, 0.2) is 5.78 Å². The number of hydrogen-bond donors (Lipinski definition) is 1. The molecule has 0 amide bonds. The van der Waals surface area contributed by atoms with E-state index in [4.69, 9.17) is 16.1 Å². The van der Waals surface area contributed by atoms with Crippen LogP contribution < -0.4 is 5.32 Å². The van der Waals surface area contributed by atoms with Gasteiger partial charge in [0.25, 0.3) is 0 Å². The summed E-state index contributed by atoms with van der Waals surface area (Å²) in [6.45, 7) is 1.93. The minimum absolute atomic E-state index is 0.123. The smallest absolute Gasteiger partial charge is 0.233 e. The molecule has 0 saturated carbocycles. The molecular weight excluding hydrogens is 372 g/mol. The Morgan fingerprint density at radius 1 is 1.04 bits per heavy atom. The van der Waals surface area contributed by atoms with E-state index in [1.54, 1.807) is 0 Å². The van der Waals surface area contributed by atoms with Crippen LogP contribution in [0.3, 0.4) is 0 Å². The summed E-state index contributed by atoms with van der Waals surface area (Å²) in [6, 6.07) is 17.9. The number of carbonyl (C=O) groups excluding carboxylic acids is 1. The molecule has 2 aromatic carbocycles. The van der Waals surface area contributed by atoms with Crippen molar-refractivity contribution in [1.82, 2.24) is 5.16 Å². The van der Waals surface area contributed by atoms with Gasteiger partial charge in [-0.3, -0.25) is 4.79 Å². The van der Waals surface area contributed by atoms with Gasteiger partial charge in [-0.05, 0) is 42.5 Å². The quantitative estimate of drug-likeness (QED) is 0.619. The summed E-state index contributed by atoms with van der Waals surface area (Å²) in [5.41, 5.74) is 5.77. The SMILES string of the molecule is Cc1noc2c1[C@@H](c1ccccc1)C1=C(C[C@H](c3ccc(Cl)cc3)CC1=O)N2. The highest BCUT2D eigenvalue weighted by Crippen LogP contribution is 2.48. The highest BCUT2D eigenvalue weighted by molar-refractivity contribution is 6.30. The van der Waals surface area contributed by atoms with E-state index < -0.39 is 0 Å². The lowest BCUT2D eigenvalue weighted by Crippen LogP contribution is -2.29. The molecule has 0 bridgehead atoms. The predicted molar refractivity (Wildman–Crippen MR) is 109 cm³/mol. The average molecular weight is 391 g/mol. The first-order valence-corrected chi connectivity index (χ1v) is 9.79. The summed E-state index contributed by atoms with van der Waals surface area (Å²) in [4.78, 5) is 13.3. The Bertz CT molecular complexity index is 1080. The Hall–Kier alpha value is -2.85. The van der Waals surface area contributed by atoms with Crippen molar-refractivity contribution in [3.05, 3.63) is 93.3 Å². The molecule has 0 spiro atoms. The van der Waals surface area contributed by atoms with E-state index in [9.17, 15) is 4.79 Å². The molecule has 5 rings (SSSR count). The highest BCUT2D eigenvalue weighted by Gasteiger charge is 2.40. The largest absolute Gasteiger partial charge is 0.338 e. The van der Waals surface area contributed by atoms with Crippen molar-refractivity contribution in [1.29, 1.82) is 0 Å². The standard InChI is InChI=1S/C23H19ClN2O2/c1-13-20-21(15-5-3-2-4-6-15)22-18(25-23(20)28-26-13)11-16(12-19(22)27)14-7-9-17(24)10-8-14/h2-10,16,21,25H,11-12H2,1H3/t16-,21+/m0/s1. The van der Waals surface area contributed by atoms with E-state index in [-0.39, 0.29) is 17.6 Å². The van der Waals surface area contributed by atoms with Crippen LogP contribution in [-0.2, 0) is 4.79 Å². The maximum atomic E-state index is 13.3. The number of aromatic nitrogens is 1. The lowest BCUT2D eigenvalue weighted by Gasteiger charge is -2.34. The van der Waals surface area contributed by atoms with Crippen LogP contribution in [0.1, 0.15) is 47.1 Å². The minimum Gasteiger partial charge on any atom is -0.338 e. The van der Waals surface area contributed by atoms with Crippen molar-refractivity contribution >= 4 is 23.3 Å². The monoisotopic (exact) mass is 390 g/mol. The molecule has 0 radical (unpaired) electrons. The van der Waals surface area contributed by atoms with E-state index in [1.807, 2.05) is 49.4 Å². The van der Waals surface area contributed by atoms with Gasteiger partial charge < -0.3 is 9.84 Å². The van der Waals surface area contributed by atoms with E-state index in [0.717, 1.165) is 40.1 Å². The second-order valence-electron chi connectivity index (χ2n) is 7.45. The number of anilines is 1. The summed E-state index contributed by atoms with van der Waals surface area (Å²) in [6.07, 6.45) is 1.25. The molecular formula is C23H19ClN2O2. The maximum Gasteiger partial charge on any atom is 0.233 e. The topological polar surface area (TPSA) is 55.1 Å². The Morgan fingerprint density at radius 2 is 1.79 bits per heavy atom. The van der Waals surface area contributed by atoms with Gasteiger partial charge in [0.2, 0.25) is 5.88 Å². The number of Topliss-reactive ketones (excluding diaryl/α,β-unsaturated/α-hetero) is 1. The third kappa shape index (κ3) is 2.76. The molecule has 0 fully saturated rings. The zero-order valence-corrected chi connectivity index (χ0v) is 16.2. The van der Waals surface area contributed by atoms with Crippen molar-refractivity contribution in [2.75, 3.05) is 5.32 Å². The number of fused-ring (bicyclic) bond motifs is 1. The summed E-state index contributed by atoms with van der Waals surface area (Å²) in [7, 11) is 0. The van der Waals surface area contributed by atoms with Crippen molar-refractivity contribution in [2.45, 2.75) is 31.6 Å². The van der Waals surface area contributed by atoms with Crippen LogP contribution in [-0.4, -0.2) is 10.9 Å². The number of carbonyl (C=O) groups is 1. The molecule has 2 atom stereocenters. The third-order valence-electron chi connectivity index (χ3n) is 5.73. The summed E-state index contributed by atoms with van der Waals surface area (Å²) >= 11 is 6.03. The van der Waals surface area contributed by atoms with E-state index in [2.05, 4.69) is 22.6 Å². The van der Waals surface area contributed by atoms with Gasteiger partial charge in [-0.2, -0.15) is 0 Å². The lowest BCUT2D eigenvalue weighted by molar-refractivity contribution is -0.116. The number of ketones is 1. The van der Waals surface area contributed by atoms with Crippen molar-refractivity contribution < 1.29 is 9.32 Å². The Morgan fingerprint density at radius 3 is 2.54 bits per heavy atom. The number of allylic oxidation sites excluding steroid dienone is 2. The van der Waals surface area contributed by atoms with Crippen molar-refractivity contribution in [3.8, 4) is 0 Å². The second-order valence-corrected chi connectivity index (χ2v) is 7.89. The van der Waals surface area contributed by atoms with Gasteiger partial charge >= 0.3 is 0 Å². The third-order valence-corrected chi connectivity index (χ3v) is 5.98. The first-order valence-electron chi connectivity index (χ1n) is 9.41. The molecule has 0 unspecified atom stereocenters. The fraction of sp³-hybridized carbons (Fsp3) is 0.217. The molecule has 1 aliphatic heterocycles. The number of halogens is 1. The number of rotatable bonds is 2. The maximum absolute atomic E-state index is 13.3. The molecule has 1 aromatic heterocycles. The zero-order valence-electron chi connectivity index (χ0n) is 15.4. The van der Waals surface area contributed by atoms with Crippen LogP contribution in [0.15, 0.2) is 70.4 Å². The van der Waals surface area contributed by atoms with Crippen molar-refractivity contribution in [2.24, 2.45) is 0 Å². The Kier molecular flexibility index (Phi) is 4.09. The normalized spacial score (nSPS) is 21.1. The van der Waals surface area contributed by atoms with Gasteiger partial charge in [-0.15, -0.1) is 0 Å². The molecule has 2 heterocycles. The summed E-state index contributed by atoms with van der Waals surface area (Å²) in [5.74, 6) is 0.804. The van der Waals surface area contributed by atoms with Crippen LogP contribution in [0, 0.1) is 6.92 Å². The molecule has 0 saturated heterocycles. The summed E-state index contributed by atoms with van der Waals surface area (Å²) in [5, 5.41) is 8.22. The lowest BCUT2D eigenvalue weighted by atomic mass is 9.72. The molecule has 140 valence electrons. The molecule has 4 nitrogen and oxygen atoms in total. The highest BCUT2D eigenvalue weighted by atomic mass is 35.5. The van der Waals surface area contributed by atoms with Gasteiger partial charge in [-0.1, -0.05) is 59.2 Å². The molecule has 3 aromatic rings. The molecule has 28 heavy (non-hydrogen) atoms. The molecule has 1 N–H and O–H groups in total. The number of benzene rings is 2. The number of nitrogens with zero attached hydrogens (tertiary/aromatic N) is 1. The van der Waals surface area contributed by atoms with Crippen LogP contribution in [0.2, 0.25) is 5.02 Å². The summed E-state index contributed by atoms with van der Waals surface area (Å²) < 4.78 is 5.56.